The summed E-state index contributed by atoms with van der Waals surface area (Å²) >= 11 is 0. The normalized spacial score (nSPS) is 13.7. The van der Waals surface area contributed by atoms with Crippen LogP contribution in [0.3, 0.4) is 0 Å². The van der Waals surface area contributed by atoms with Gasteiger partial charge in [-0.1, -0.05) is 5.16 Å². The maximum atomic E-state index is 11.9. The summed E-state index contributed by atoms with van der Waals surface area (Å²) in [7, 11) is 0. The molecule has 1 amide bonds. The van der Waals surface area contributed by atoms with Gasteiger partial charge in [0.15, 0.2) is 0 Å². The molecule has 1 aliphatic rings. The molecule has 0 spiro atoms. The molecule has 0 saturated carbocycles. The van der Waals surface area contributed by atoms with Gasteiger partial charge in [0.1, 0.15) is 17.2 Å². The van der Waals surface area contributed by atoms with Gasteiger partial charge in [0.2, 0.25) is 17.6 Å². The predicted octanol–water partition coefficient (Wildman–Crippen LogP) is 3.26. The summed E-state index contributed by atoms with van der Waals surface area (Å²) in [5.41, 5.74) is 0.915. The highest BCUT2D eigenvalue weighted by Crippen LogP contribution is 2.30. The lowest BCUT2D eigenvalue weighted by Crippen LogP contribution is -2.24. The fourth-order valence-corrected chi connectivity index (χ4v) is 3.12. The first-order chi connectivity index (χ1) is 14.0. The Balaban J connectivity index is 1.54. The number of aromatic nitrogens is 3. The molecule has 1 aromatic carbocycles. The summed E-state index contributed by atoms with van der Waals surface area (Å²) < 4.78 is 10.7. The summed E-state index contributed by atoms with van der Waals surface area (Å²) in [4.78, 5) is 32.8. The Morgan fingerprint density at radius 2 is 2.10 bits per heavy atom. The van der Waals surface area contributed by atoms with Crippen LogP contribution in [0.15, 0.2) is 41.1 Å². The maximum absolute atomic E-state index is 11.9. The smallest absolute Gasteiger partial charge is 0.274 e. The molecule has 10 heteroatoms. The number of amides is 1. The zero-order chi connectivity index (χ0) is 20.4. The van der Waals surface area contributed by atoms with Gasteiger partial charge in [-0.25, -0.2) is 4.98 Å². The number of hydrogen-bond donors (Lipinski definition) is 0. The third-order valence-corrected chi connectivity index (χ3v) is 4.51. The number of pyridine rings is 1. The summed E-state index contributed by atoms with van der Waals surface area (Å²) in [6, 6.07) is 7.87. The number of aryl methyl sites for hydroxylation is 1. The van der Waals surface area contributed by atoms with Gasteiger partial charge in [-0.2, -0.15) is 4.98 Å². The number of hydrogen-bond acceptors (Lipinski definition) is 8. The van der Waals surface area contributed by atoms with Crippen molar-refractivity contribution in [2.45, 2.75) is 26.3 Å². The van der Waals surface area contributed by atoms with E-state index >= 15 is 0 Å². The van der Waals surface area contributed by atoms with E-state index in [1.807, 2.05) is 0 Å². The average Bonchev–Trinajstić information content (AvgIpc) is 3.31. The molecule has 0 radical (unpaired) electrons. The van der Waals surface area contributed by atoms with Crippen molar-refractivity contribution in [3.63, 3.8) is 0 Å². The van der Waals surface area contributed by atoms with E-state index in [0.29, 0.717) is 47.4 Å². The standard InChI is InChI=1S/C19H17N5O5/c1-12-21-19(22-29-12)16-6-4-15(10-20-16)28-14-5-7-17(24(26)27)13(9-14)11-23-8-2-3-18(23)25/h4-7,9-10H,2-3,8,11H2,1H3. The van der Waals surface area contributed by atoms with Crippen LogP contribution < -0.4 is 4.74 Å². The highest BCUT2D eigenvalue weighted by Gasteiger charge is 2.24. The van der Waals surface area contributed by atoms with Gasteiger partial charge in [-0.3, -0.25) is 14.9 Å². The number of rotatable bonds is 6. The predicted molar refractivity (Wildman–Crippen MR) is 100 cm³/mol. The summed E-state index contributed by atoms with van der Waals surface area (Å²) in [5.74, 6) is 1.69. The second kappa shape index (κ2) is 7.66. The number of carbonyl (C=O) groups excluding carboxylic acids is 1. The second-order valence-electron chi connectivity index (χ2n) is 6.58. The molecular weight excluding hydrogens is 378 g/mol. The number of nitro benzene ring substituents is 1. The Kier molecular flexibility index (Phi) is 4.90. The molecule has 29 heavy (non-hydrogen) atoms. The molecule has 1 fully saturated rings. The number of likely N-dealkylation sites (tertiary alicyclic amines) is 1. The molecule has 10 nitrogen and oxygen atoms in total. The van der Waals surface area contributed by atoms with E-state index in [4.69, 9.17) is 9.26 Å². The molecule has 0 aliphatic carbocycles. The highest BCUT2D eigenvalue weighted by atomic mass is 16.6. The quantitative estimate of drug-likeness (QED) is 0.460. The van der Waals surface area contributed by atoms with Crippen LogP contribution >= 0.6 is 0 Å². The van der Waals surface area contributed by atoms with Crippen molar-refractivity contribution in [1.82, 2.24) is 20.0 Å². The molecule has 148 valence electrons. The molecule has 4 rings (SSSR count). The van der Waals surface area contributed by atoms with Crippen molar-refractivity contribution in [2.75, 3.05) is 6.54 Å². The fourth-order valence-electron chi connectivity index (χ4n) is 3.12. The van der Waals surface area contributed by atoms with Crippen LogP contribution in [-0.4, -0.2) is 37.4 Å². The maximum Gasteiger partial charge on any atom is 0.274 e. The minimum atomic E-state index is -0.455. The first-order valence-corrected chi connectivity index (χ1v) is 8.99. The lowest BCUT2D eigenvalue weighted by atomic mass is 10.1. The number of carbonyl (C=O) groups is 1. The molecule has 0 atom stereocenters. The van der Waals surface area contributed by atoms with Crippen LogP contribution in [0, 0.1) is 17.0 Å². The molecular formula is C19H17N5O5. The molecule has 3 aromatic rings. The topological polar surface area (TPSA) is 124 Å². The van der Waals surface area contributed by atoms with Crippen molar-refractivity contribution in [3.05, 3.63) is 58.1 Å². The van der Waals surface area contributed by atoms with Crippen molar-refractivity contribution in [2.24, 2.45) is 0 Å². The number of benzene rings is 1. The number of nitrogens with zero attached hydrogens (tertiary/aromatic N) is 5. The van der Waals surface area contributed by atoms with Gasteiger partial charge < -0.3 is 14.2 Å². The minimum Gasteiger partial charge on any atom is -0.456 e. The Hall–Kier alpha value is -3.82. The molecule has 1 saturated heterocycles. The lowest BCUT2D eigenvalue weighted by molar-refractivity contribution is -0.385. The van der Waals surface area contributed by atoms with Gasteiger partial charge in [0, 0.05) is 26.0 Å². The van der Waals surface area contributed by atoms with Crippen molar-refractivity contribution < 1.29 is 19.0 Å². The Bertz CT molecular complexity index is 1060. The average molecular weight is 395 g/mol. The van der Waals surface area contributed by atoms with Crippen molar-refractivity contribution in [3.8, 4) is 23.0 Å². The van der Waals surface area contributed by atoms with E-state index in [0.717, 1.165) is 6.42 Å². The fraction of sp³-hybridized carbons (Fsp3) is 0.263. The van der Waals surface area contributed by atoms with E-state index in [1.165, 1.54) is 18.3 Å². The molecule has 0 N–H and O–H groups in total. The third kappa shape index (κ3) is 4.05. The second-order valence-corrected chi connectivity index (χ2v) is 6.58. The minimum absolute atomic E-state index is 0.00195. The number of ether oxygens (including phenoxy) is 1. The van der Waals surface area contributed by atoms with Crippen molar-refractivity contribution >= 4 is 11.6 Å². The SMILES string of the molecule is Cc1nc(-c2ccc(Oc3ccc([N+](=O)[O-])c(CN4CCCC4=O)c3)cn2)no1. The molecule has 0 unspecified atom stereocenters. The Labute approximate surface area is 165 Å². The van der Waals surface area contributed by atoms with Crippen LogP contribution in [-0.2, 0) is 11.3 Å². The van der Waals surface area contributed by atoms with E-state index in [9.17, 15) is 14.9 Å². The van der Waals surface area contributed by atoms with E-state index in [1.54, 1.807) is 30.0 Å². The first-order valence-electron chi connectivity index (χ1n) is 8.99. The molecule has 1 aliphatic heterocycles. The monoisotopic (exact) mass is 395 g/mol. The van der Waals surface area contributed by atoms with Gasteiger partial charge in [0.25, 0.3) is 5.69 Å². The van der Waals surface area contributed by atoms with Crippen LogP contribution in [0.2, 0.25) is 0 Å². The molecule has 0 bridgehead atoms. The summed E-state index contributed by atoms with van der Waals surface area (Å²) in [6.45, 7) is 2.47. The first kappa shape index (κ1) is 18.5. The van der Waals surface area contributed by atoms with Gasteiger partial charge in [-0.05, 0) is 30.7 Å². The highest BCUT2D eigenvalue weighted by molar-refractivity contribution is 5.78. The van der Waals surface area contributed by atoms with Crippen LogP contribution in [0.1, 0.15) is 24.3 Å². The summed E-state index contributed by atoms with van der Waals surface area (Å²) in [5, 5.41) is 15.2. The lowest BCUT2D eigenvalue weighted by Gasteiger charge is -2.16. The van der Waals surface area contributed by atoms with E-state index in [-0.39, 0.29) is 18.1 Å². The van der Waals surface area contributed by atoms with Gasteiger partial charge >= 0.3 is 0 Å². The third-order valence-electron chi connectivity index (χ3n) is 4.51. The Morgan fingerprint density at radius 3 is 2.72 bits per heavy atom. The molecule has 2 aromatic heterocycles. The Morgan fingerprint density at radius 1 is 1.28 bits per heavy atom. The van der Waals surface area contributed by atoms with Gasteiger partial charge in [0.05, 0.1) is 23.2 Å². The van der Waals surface area contributed by atoms with E-state index in [2.05, 4.69) is 15.1 Å². The van der Waals surface area contributed by atoms with Crippen LogP contribution in [0.5, 0.6) is 11.5 Å². The van der Waals surface area contributed by atoms with Crippen LogP contribution in [0.4, 0.5) is 5.69 Å². The van der Waals surface area contributed by atoms with Crippen LogP contribution in [0.25, 0.3) is 11.5 Å². The summed E-state index contributed by atoms with van der Waals surface area (Å²) in [6.07, 6.45) is 2.74. The molecule has 3 heterocycles. The largest absolute Gasteiger partial charge is 0.456 e. The number of nitro groups is 1. The van der Waals surface area contributed by atoms with Gasteiger partial charge in [-0.15, -0.1) is 0 Å². The van der Waals surface area contributed by atoms with E-state index < -0.39 is 4.92 Å². The zero-order valence-corrected chi connectivity index (χ0v) is 15.6. The van der Waals surface area contributed by atoms with Crippen molar-refractivity contribution in [1.29, 1.82) is 0 Å². The zero-order valence-electron chi connectivity index (χ0n) is 15.6.